The van der Waals surface area contributed by atoms with Crippen molar-refractivity contribution in [3.63, 3.8) is 0 Å². The lowest BCUT2D eigenvalue weighted by Crippen LogP contribution is -2.50. The number of rotatable bonds is 7. The largest absolute Gasteiger partial charge is 0.488 e. The maximum atomic E-state index is 14.6. The molecule has 3 fully saturated rings. The standard InChI is InChI=1S/C23H23ClF2N4O5/c24-13-5-17-22(30-23(29-17)35-19-9-33-20-18(31)8-32-21(19)20)28-16(13)2-1-12-14(25)3-10(4-15(12)26)34-11-6-27-7-11/h3-5,11,18-21,27,31H,1-2,6-9H2,(H,28,29,30)/t18-,19-,20-,21-/m1/s1. The molecular formula is C23H23ClF2N4O5. The number of hydrogen-bond donors (Lipinski definition) is 3. The minimum Gasteiger partial charge on any atom is -0.488 e. The average Bonchev–Trinajstić information content (AvgIpc) is 3.47. The number of H-pyrrole nitrogens is 1. The molecule has 0 bridgehead atoms. The van der Waals surface area contributed by atoms with Gasteiger partial charge in [-0.3, -0.25) is 0 Å². The first-order valence-corrected chi connectivity index (χ1v) is 11.8. The molecule has 0 aliphatic carbocycles. The lowest BCUT2D eigenvalue weighted by Gasteiger charge is -2.28. The summed E-state index contributed by atoms with van der Waals surface area (Å²) >= 11 is 6.39. The van der Waals surface area contributed by atoms with Gasteiger partial charge < -0.3 is 34.4 Å². The SMILES string of the molecule is O[C@@H]1CO[C@H]2[C@@H]1OC[C@H]2Oc1nc2nc(CCc3c(F)cc(OC4CNC4)cc3F)c(Cl)cc2[nH]1. The van der Waals surface area contributed by atoms with E-state index < -0.39 is 29.9 Å². The van der Waals surface area contributed by atoms with Crippen LogP contribution in [0.25, 0.3) is 11.2 Å². The van der Waals surface area contributed by atoms with Crippen molar-refractivity contribution in [1.29, 1.82) is 0 Å². The number of aromatic amines is 1. The molecule has 3 N–H and O–H groups in total. The van der Waals surface area contributed by atoms with Crippen LogP contribution in [0.4, 0.5) is 8.78 Å². The summed E-state index contributed by atoms with van der Waals surface area (Å²) < 4.78 is 51.8. The third-order valence-corrected chi connectivity index (χ3v) is 6.82. The van der Waals surface area contributed by atoms with Crippen LogP contribution in [0.5, 0.6) is 11.8 Å². The van der Waals surface area contributed by atoms with Crippen LogP contribution in [-0.4, -0.2) is 76.9 Å². The number of halogens is 3. The van der Waals surface area contributed by atoms with Gasteiger partial charge in [0.25, 0.3) is 6.01 Å². The second kappa shape index (κ2) is 9.14. The van der Waals surface area contributed by atoms with E-state index in [0.717, 1.165) is 0 Å². The maximum Gasteiger partial charge on any atom is 0.296 e. The number of nitrogens with zero attached hydrogens (tertiary/aromatic N) is 2. The number of ether oxygens (including phenoxy) is 4. The number of aliphatic hydroxyl groups excluding tert-OH is 1. The zero-order chi connectivity index (χ0) is 24.1. The molecule has 35 heavy (non-hydrogen) atoms. The molecule has 3 aliphatic rings. The van der Waals surface area contributed by atoms with Gasteiger partial charge in [0.15, 0.2) is 11.8 Å². The van der Waals surface area contributed by atoms with Crippen molar-refractivity contribution in [1.82, 2.24) is 20.3 Å². The van der Waals surface area contributed by atoms with Gasteiger partial charge in [-0.25, -0.2) is 13.8 Å². The van der Waals surface area contributed by atoms with Gasteiger partial charge in [0, 0.05) is 30.8 Å². The van der Waals surface area contributed by atoms with Crippen molar-refractivity contribution in [2.45, 2.75) is 43.4 Å². The summed E-state index contributed by atoms with van der Waals surface area (Å²) in [5.41, 5.74) is 1.33. The Hall–Kier alpha value is -2.57. The maximum absolute atomic E-state index is 14.6. The van der Waals surface area contributed by atoms with Crippen LogP contribution in [0.15, 0.2) is 18.2 Å². The van der Waals surface area contributed by atoms with E-state index in [-0.39, 0.29) is 55.6 Å². The predicted molar refractivity (Wildman–Crippen MR) is 120 cm³/mol. The first-order chi connectivity index (χ1) is 16.9. The summed E-state index contributed by atoms with van der Waals surface area (Å²) in [5, 5.41) is 13.3. The zero-order valence-electron chi connectivity index (χ0n) is 18.5. The van der Waals surface area contributed by atoms with E-state index in [9.17, 15) is 13.9 Å². The van der Waals surface area contributed by atoms with Crippen molar-refractivity contribution in [2.24, 2.45) is 0 Å². The molecule has 0 amide bonds. The Balaban J connectivity index is 1.15. The highest BCUT2D eigenvalue weighted by Gasteiger charge is 2.48. The zero-order valence-corrected chi connectivity index (χ0v) is 19.2. The van der Waals surface area contributed by atoms with Gasteiger partial charge in [0.05, 0.1) is 29.4 Å². The number of fused-ring (bicyclic) bond motifs is 2. The molecule has 12 heteroatoms. The summed E-state index contributed by atoms with van der Waals surface area (Å²) in [4.78, 5) is 11.8. The van der Waals surface area contributed by atoms with E-state index >= 15 is 0 Å². The van der Waals surface area contributed by atoms with Gasteiger partial charge in [-0.1, -0.05) is 11.6 Å². The normalized spacial score (nSPS) is 26.2. The molecule has 3 aliphatic heterocycles. The molecular weight excluding hydrogens is 486 g/mol. The summed E-state index contributed by atoms with van der Waals surface area (Å²) in [6.07, 6.45) is -1.69. The average molecular weight is 509 g/mol. The number of aromatic nitrogens is 3. The third-order valence-electron chi connectivity index (χ3n) is 6.50. The van der Waals surface area contributed by atoms with Crippen molar-refractivity contribution in [3.8, 4) is 11.8 Å². The Labute approximate surface area is 203 Å². The number of hydrogen-bond acceptors (Lipinski definition) is 8. The number of nitrogens with one attached hydrogen (secondary N) is 2. The fourth-order valence-electron chi connectivity index (χ4n) is 4.52. The molecule has 2 aromatic heterocycles. The first kappa shape index (κ1) is 22.9. The molecule has 0 spiro atoms. The first-order valence-electron chi connectivity index (χ1n) is 11.4. The summed E-state index contributed by atoms with van der Waals surface area (Å²) in [6.45, 7) is 1.78. The van der Waals surface area contributed by atoms with Gasteiger partial charge in [0.2, 0.25) is 0 Å². The molecule has 6 rings (SSSR count). The predicted octanol–water partition coefficient (Wildman–Crippen LogP) is 1.93. The van der Waals surface area contributed by atoms with Crippen LogP contribution < -0.4 is 14.8 Å². The van der Waals surface area contributed by atoms with Crippen LogP contribution in [0.2, 0.25) is 5.02 Å². The number of aliphatic hydroxyl groups is 1. The van der Waals surface area contributed by atoms with E-state index in [1.807, 2.05) is 0 Å². The molecule has 0 radical (unpaired) electrons. The van der Waals surface area contributed by atoms with Crippen LogP contribution in [0.1, 0.15) is 11.3 Å². The van der Waals surface area contributed by atoms with Gasteiger partial charge in [-0.2, -0.15) is 4.98 Å². The summed E-state index contributed by atoms with van der Waals surface area (Å²) in [7, 11) is 0. The van der Waals surface area contributed by atoms with E-state index in [1.54, 1.807) is 6.07 Å². The number of imidazole rings is 1. The second-order valence-corrected chi connectivity index (χ2v) is 9.32. The molecule has 4 atom stereocenters. The molecule has 0 saturated carbocycles. The number of benzene rings is 1. The van der Waals surface area contributed by atoms with Gasteiger partial charge in [0.1, 0.15) is 41.8 Å². The molecule has 9 nitrogen and oxygen atoms in total. The van der Waals surface area contributed by atoms with Crippen LogP contribution in [0.3, 0.4) is 0 Å². The Bertz CT molecular complexity index is 1230. The lowest BCUT2D eigenvalue weighted by atomic mass is 10.1. The number of pyridine rings is 1. The highest BCUT2D eigenvalue weighted by atomic mass is 35.5. The van der Waals surface area contributed by atoms with E-state index in [2.05, 4.69) is 20.3 Å². The van der Waals surface area contributed by atoms with Crippen molar-refractivity contribution < 1.29 is 32.8 Å². The third kappa shape index (κ3) is 4.43. The quantitative estimate of drug-likeness (QED) is 0.444. The highest BCUT2D eigenvalue weighted by molar-refractivity contribution is 6.31. The Morgan fingerprint density at radius 1 is 1.03 bits per heavy atom. The van der Waals surface area contributed by atoms with Gasteiger partial charge in [-0.15, -0.1) is 0 Å². The lowest BCUT2D eigenvalue weighted by molar-refractivity contribution is 0.00706. The molecule has 1 aromatic carbocycles. The minimum absolute atomic E-state index is 0.0531. The van der Waals surface area contributed by atoms with Crippen molar-refractivity contribution >= 4 is 22.8 Å². The Morgan fingerprint density at radius 2 is 1.80 bits per heavy atom. The van der Waals surface area contributed by atoms with E-state index in [1.165, 1.54) is 12.1 Å². The second-order valence-electron chi connectivity index (χ2n) is 8.91. The van der Waals surface area contributed by atoms with Crippen LogP contribution in [-0.2, 0) is 22.3 Å². The van der Waals surface area contributed by atoms with Gasteiger partial charge >= 0.3 is 0 Å². The smallest absolute Gasteiger partial charge is 0.296 e. The molecule has 3 aromatic rings. The monoisotopic (exact) mass is 508 g/mol. The number of aryl methyl sites for hydroxylation is 1. The van der Waals surface area contributed by atoms with Crippen molar-refractivity contribution in [3.05, 3.63) is 46.1 Å². The molecule has 0 unspecified atom stereocenters. The van der Waals surface area contributed by atoms with Crippen LogP contribution in [0, 0.1) is 11.6 Å². The minimum atomic E-state index is -0.675. The summed E-state index contributed by atoms with van der Waals surface area (Å²) in [5.74, 6) is -1.17. The van der Waals surface area contributed by atoms with Crippen molar-refractivity contribution in [2.75, 3.05) is 26.3 Å². The van der Waals surface area contributed by atoms with E-state index in [4.69, 9.17) is 30.5 Å². The summed E-state index contributed by atoms with van der Waals surface area (Å²) in [6, 6.07) is 4.28. The molecule has 186 valence electrons. The fourth-order valence-corrected chi connectivity index (χ4v) is 4.77. The highest BCUT2D eigenvalue weighted by Crippen LogP contribution is 2.31. The fraction of sp³-hybridized carbons (Fsp3) is 0.478. The topological polar surface area (TPSA) is 111 Å². The molecule has 5 heterocycles. The molecule has 3 saturated heterocycles. The van der Waals surface area contributed by atoms with E-state index in [0.29, 0.717) is 35.0 Å². The van der Waals surface area contributed by atoms with Gasteiger partial charge in [-0.05, 0) is 18.9 Å². The van der Waals surface area contributed by atoms with Crippen LogP contribution >= 0.6 is 11.6 Å². The Kier molecular flexibility index (Phi) is 5.97. The Morgan fingerprint density at radius 3 is 2.54 bits per heavy atom.